The third-order valence-electron chi connectivity index (χ3n) is 3.88. The standard InChI is InChI=1S/C13H21ClN4O/c1-4-19-13-17-11(14)16-12(18-13)15-10-7-5-6-8(2)9(10)3/h8-10H,4-7H2,1-3H3,(H,15,16,17,18). The molecule has 0 radical (unpaired) electrons. The van der Waals surface area contributed by atoms with Crippen LogP contribution in [0.3, 0.4) is 0 Å². The van der Waals surface area contributed by atoms with Crippen molar-refractivity contribution in [3.63, 3.8) is 0 Å². The zero-order chi connectivity index (χ0) is 13.8. The molecule has 1 heterocycles. The summed E-state index contributed by atoms with van der Waals surface area (Å²) in [7, 11) is 0. The van der Waals surface area contributed by atoms with Crippen LogP contribution in [-0.2, 0) is 0 Å². The van der Waals surface area contributed by atoms with Gasteiger partial charge in [-0.1, -0.05) is 26.7 Å². The van der Waals surface area contributed by atoms with Gasteiger partial charge in [0.1, 0.15) is 0 Å². The molecule has 0 spiro atoms. The van der Waals surface area contributed by atoms with Gasteiger partial charge in [-0.15, -0.1) is 0 Å². The molecule has 1 aliphatic rings. The predicted molar refractivity (Wildman–Crippen MR) is 75.6 cm³/mol. The van der Waals surface area contributed by atoms with Crippen molar-refractivity contribution in [3.8, 4) is 6.01 Å². The van der Waals surface area contributed by atoms with E-state index in [1.54, 1.807) is 0 Å². The van der Waals surface area contributed by atoms with Gasteiger partial charge < -0.3 is 10.1 Å². The van der Waals surface area contributed by atoms with Crippen molar-refractivity contribution in [2.24, 2.45) is 11.8 Å². The lowest BCUT2D eigenvalue weighted by Crippen LogP contribution is -2.35. The van der Waals surface area contributed by atoms with Crippen LogP contribution in [0.4, 0.5) is 5.95 Å². The second kappa shape index (κ2) is 6.37. The first-order chi connectivity index (χ1) is 9.10. The number of aromatic nitrogens is 3. The highest BCUT2D eigenvalue weighted by atomic mass is 35.5. The molecule has 19 heavy (non-hydrogen) atoms. The Kier molecular flexibility index (Phi) is 4.80. The number of hydrogen-bond donors (Lipinski definition) is 1. The van der Waals surface area contributed by atoms with Crippen LogP contribution >= 0.6 is 11.6 Å². The molecule has 0 aromatic carbocycles. The van der Waals surface area contributed by atoms with E-state index in [2.05, 4.69) is 34.1 Å². The van der Waals surface area contributed by atoms with Gasteiger partial charge in [0.2, 0.25) is 11.2 Å². The molecule has 3 atom stereocenters. The van der Waals surface area contributed by atoms with E-state index >= 15 is 0 Å². The molecule has 1 N–H and O–H groups in total. The number of nitrogens with one attached hydrogen (secondary N) is 1. The van der Waals surface area contributed by atoms with Crippen molar-refractivity contribution in [1.82, 2.24) is 15.0 Å². The SMILES string of the molecule is CCOc1nc(Cl)nc(NC2CCCC(C)C2C)n1. The van der Waals surface area contributed by atoms with Gasteiger partial charge in [0, 0.05) is 6.04 Å². The third-order valence-corrected chi connectivity index (χ3v) is 4.05. The van der Waals surface area contributed by atoms with Gasteiger partial charge in [-0.3, -0.25) is 0 Å². The number of anilines is 1. The Bertz CT molecular complexity index is 429. The summed E-state index contributed by atoms with van der Waals surface area (Å²) in [5, 5.41) is 3.54. The molecule has 0 bridgehead atoms. The molecule has 0 amide bonds. The minimum Gasteiger partial charge on any atom is -0.464 e. The molecule has 1 fully saturated rings. The van der Waals surface area contributed by atoms with E-state index in [-0.39, 0.29) is 11.3 Å². The van der Waals surface area contributed by atoms with Gasteiger partial charge in [0.25, 0.3) is 0 Å². The zero-order valence-corrected chi connectivity index (χ0v) is 12.4. The summed E-state index contributed by atoms with van der Waals surface area (Å²) in [4.78, 5) is 12.3. The zero-order valence-electron chi connectivity index (χ0n) is 11.7. The van der Waals surface area contributed by atoms with Crippen molar-refractivity contribution >= 4 is 17.5 Å². The maximum absolute atomic E-state index is 5.89. The van der Waals surface area contributed by atoms with Crippen LogP contribution in [0, 0.1) is 11.8 Å². The molecule has 1 aromatic rings. The van der Waals surface area contributed by atoms with E-state index in [0.29, 0.717) is 24.5 Å². The Hall–Kier alpha value is -1.10. The molecule has 0 saturated heterocycles. The van der Waals surface area contributed by atoms with Crippen molar-refractivity contribution in [2.75, 3.05) is 11.9 Å². The summed E-state index contributed by atoms with van der Waals surface area (Å²) in [6, 6.07) is 0.665. The van der Waals surface area contributed by atoms with Gasteiger partial charge in [0.15, 0.2) is 0 Å². The second-order valence-electron chi connectivity index (χ2n) is 5.16. The number of ether oxygens (including phenoxy) is 1. The lowest BCUT2D eigenvalue weighted by atomic mass is 9.78. The number of nitrogens with zero attached hydrogens (tertiary/aromatic N) is 3. The van der Waals surface area contributed by atoms with Crippen LogP contribution in [0.5, 0.6) is 6.01 Å². The fourth-order valence-electron chi connectivity index (χ4n) is 2.54. The molecule has 5 nitrogen and oxygen atoms in total. The van der Waals surface area contributed by atoms with E-state index in [1.165, 1.54) is 12.8 Å². The summed E-state index contributed by atoms with van der Waals surface area (Å²) in [5.74, 6) is 1.82. The van der Waals surface area contributed by atoms with Gasteiger partial charge in [0.05, 0.1) is 6.61 Å². The lowest BCUT2D eigenvalue weighted by molar-refractivity contribution is 0.252. The summed E-state index contributed by atoms with van der Waals surface area (Å²) < 4.78 is 5.28. The van der Waals surface area contributed by atoms with E-state index in [9.17, 15) is 0 Å². The van der Waals surface area contributed by atoms with Crippen molar-refractivity contribution in [2.45, 2.75) is 46.1 Å². The fourth-order valence-corrected chi connectivity index (χ4v) is 2.69. The van der Waals surface area contributed by atoms with E-state index in [1.807, 2.05) is 6.92 Å². The molecular formula is C13H21ClN4O. The average molecular weight is 285 g/mol. The van der Waals surface area contributed by atoms with Gasteiger partial charge in [-0.2, -0.15) is 15.0 Å². The first-order valence-corrected chi connectivity index (χ1v) is 7.29. The van der Waals surface area contributed by atoms with Gasteiger partial charge >= 0.3 is 6.01 Å². The third kappa shape index (κ3) is 3.69. The van der Waals surface area contributed by atoms with Gasteiger partial charge in [-0.05, 0) is 36.8 Å². The van der Waals surface area contributed by atoms with Crippen molar-refractivity contribution in [1.29, 1.82) is 0 Å². The molecule has 2 rings (SSSR count). The Morgan fingerprint density at radius 2 is 2.05 bits per heavy atom. The highest BCUT2D eigenvalue weighted by molar-refractivity contribution is 6.28. The van der Waals surface area contributed by atoms with Crippen LogP contribution in [-0.4, -0.2) is 27.6 Å². The second-order valence-corrected chi connectivity index (χ2v) is 5.50. The topological polar surface area (TPSA) is 59.9 Å². The molecule has 3 unspecified atom stereocenters. The molecule has 0 aliphatic heterocycles. The maximum atomic E-state index is 5.89. The van der Waals surface area contributed by atoms with Crippen molar-refractivity contribution in [3.05, 3.63) is 5.28 Å². The van der Waals surface area contributed by atoms with E-state index in [4.69, 9.17) is 16.3 Å². The van der Waals surface area contributed by atoms with Crippen LogP contribution in [0.1, 0.15) is 40.0 Å². The highest BCUT2D eigenvalue weighted by Crippen LogP contribution is 2.31. The average Bonchev–Trinajstić information content (AvgIpc) is 2.35. The van der Waals surface area contributed by atoms with Crippen molar-refractivity contribution < 1.29 is 4.74 Å². The predicted octanol–water partition coefficient (Wildman–Crippen LogP) is 3.16. The van der Waals surface area contributed by atoms with Crippen LogP contribution < -0.4 is 10.1 Å². The Morgan fingerprint density at radius 1 is 1.26 bits per heavy atom. The fraction of sp³-hybridized carbons (Fsp3) is 0.769. The summed E-state index contributed by atoms with van der Waals surface area (Å²) in [6.45, 7) is 6.96. The van der Waals surface area contributed by atoms with E-state index < -0.39 is 0 Å². The largest absolute Gasteiger partial charge is 0.464 e. The monoisotopic (exact) mass is 284 g/mol. The summed E-state index contributed by atoms with van der Waals surface area (Å²) in [6.07, 6.45) is 3.67. The summed E-state index contributed by atoms with van der Waals surface area (Å²) in [5.41, 5.74) is 0. The van der Waals surface area contributed by atoms with Gasteiger partial charge in [-0.25, -0.2) is 0 Å². The molecular weight excluding hydrogens is 264 g/mol. The molecule has 1 saturated carbocycles. The molecule has 1 aliphatic carbocycles. The quantitative estimate of drug-likeness (QED) is 0.920. The Labute approximate surface area is 119 Å². The number of rotatable bonds is 4. The first-order valence-electron chi connectivity index (χ1n) is 6.91. The first kappa shape index (κ1) is 14.3. The van der Waals surface area contributed by atoms with E-state index in [0.717, 1.165) is 12.3 Å². The Morgan fingerprint density at radius 3 is 2.79 bits per heavy atom. The molecule has 106 valence electrons. The van der Waals surface area contributed by atoms with Crippen LogP contribution in [0.2, 0.25) is 5.28 Å². The maximum Gasteiger partial charge on any atom is 0.322 e. The number of hydrogen-bond acceptors (Lipinski definition) is 5. The Balaban J connectivity index is 2.09. The normalized spacial score (nSPS) is 27.1. The number of halogens is 1. The van der Waals surface area contributed by atoms with Crippen LogP contribution in [0.15, 0.2) is 0 Å². The smallest absolute Gasteiger partial charge is 0.322 e. The molecule has 1 aromatic heterocycles. The molecule has 6 heteroatoms. The minimum atomic E-state index is 0.164. The lowest BCUT2D eigenvalue weighted by Gasteiger charge is -2.34. The minimum absolute atomic E-state index is 0.164. The van der Waals surface area contributed by atoms with Crippen LogP contribution in [0.25, 0.3) is 0 Å². The highest BCUT2D eigenvalue weighted by Gasteiger charge is 2.27. The summed E-state index contributed by atoms with van der Waals surface area (Å²) >= 11 is 5.89.